The maximum absolute atomic E-state index is 11.3. The van der Waals surface area contributed by atoms with Gasteiger partial charge in [-0.05, 0) is 27.1 Å². The van der Waals surface area contributed by atoms with Crippen LogP contribution in [0.25, 0.3) is 0 Å². The van der Waals surface area contributed by atoms with Gasteiger partial charge in [-0.1, -0.05) is 0 Å². The number of rotatable bonds is 4. The molecule has 0 unspecified atom stereocenters. The van der Waals surface area contributed by atoms with Gasteiger partial charge in [0, 0.05) is 6.54 Å². The zero-order valence-electron chi connectivity index (χ0n) is 8.88. The van der Waals surface area contributed by atoms with E-state index in [4.69, 9.17) is 10.2 Å². The molecule has 15 heavy (non-hydrogen) atoms. The molecule has 0 aromatic rings. The lowest BCUT2D eigenvalue weighted by Gasteiger charge is -2.15. The Labute approximate surface area is 88.1 Å². The Bertz CT molecular complexity index is 247. The Morgan fingerprint density at radius 2 is 1.67 bits per heavy atom. The summed E-state index contributed by atoms with van der Waals surface area (Å²) in [4.78, 5) is 25.4. The zero-order chi connectivity index (χ0) is 11.6. The molecule has 1 aliphatic heterocycles. The molecule has 1 fully saturated rings. The Morgan fingerprint density at radius 3 is 2.07 bits per heavy atom. The van der Waals surface area contributed by atoms with Crippen molar-refractivity contribution in [2.24, 2.45) is 0 Å². The molecule has 0 aromatic carbocycles. The first-order chi connectivity index (χ1) is 6.95. The predicted molar refractivity (Wildman–Crippen MR) is 51.9 cm³/mol. The molecule has 0 aromatic heterocycles. The molecule has 2 amide bonds. The third kappa shape index (κ3) is 2.53. The van der Waals surface area contributed by atoms with E-state index in [9.17, 15) is 9.59 Å². The first kappa shape index (κ1) is 12.1. The van der Waals surface area contributed by atoms with E-state index < -0.39 is 24.0 Å². The summed E-state index contributed by atoms with van der Waals surface area (Å²) < 4.78 is 0. The summed E-state index contributed by atoms with van der Waals surface area (Å²) in [7, 11) is 3.77. The lowest BCUT2D eigenvalue weighted by Crippen LogP contribution is -2.34. The number of carbonyl (C=O) groups excluding carboxylic acids is 2. The fourth-order valence-corrected chi connectivity index (χ4v) is 1.46. The van der Waals surface area contributed by atoms with Gasteiger partial charge >= 0.3 is 0 Å². The molecular weight excluding hydrogens is 200 g/mol. The van der Waals surface area contributed by atoms with E-state index >= 15 is 0 Å². The van der Waals surface area contributed by atoms with E-state index in [1.807, 2.05) is 19.0 Å². The highest BCUT2D eigenvalue weighted by molar-refractivity contribution is 6.07. The largest absolute Gasteiger partial charge is 0.380 e. The first-order valence-corrected chi connectivity index (χ1v) is 4.81. The molecule has 86 valence electrons. The Balaban J connectivity index is 2.48. The fourth-order valence-electron chi connectivity index (χ4n) is 1.46. The van der Waals surface area contributed by atoms with Crippen molar-refractivity contribution in [3.63, 3.8) is 0 Å². The minimum absolute atomic E-state index is 0.240. The summed E-state index contributed by atoms with van der Waals surface area (Å²) in [6.45, 7) is 0.979. The molecule has 6 nitrogen and oxygen atoms in total. The summed E-state index contributed by atoms with van der Waals surface area (Å²) in [6.07, 6.45) is -2.54. The normalized spacial score (nSPS) is 26.9. The maximum atomic E-state index is 11.3. The van der Waals surface area contributed by atoms with Crippen LogP contribution in [0.15, 0.2) is 0 Å². The number of hydrogen-bond donors (Lipinski definition) is 2. The van der Waals surface area contributed by atoms with E-state index in [1.54, 1.807) is 0 Å². The standard InChI is InChI=1S/C9H16N2O4/c1-10(2)4-3-5-11-8(14)6(12)7(13)9(11)15/h6-7,12-13H,3-5H2,1-2H3/t6-,7-/m1/s1. The van der Waals surface area contributed by atoms with Gasteiger partial charge in [0.05, 0.1) is 0 Å². The van der Waals surface area contributed by atoms with E-state index in [-0.39, 0.29) is 6.54 Å². The average molecular weight is 216 g/mol. The van der Waals surface area contributed by atoms with Gasteiger partial charge in [-0.15, -0.1) is 0 Å². The number of imide groups is 1. The van der Waals surface area contributed by atoms with Gasteiger partial charge in [0.1, 0.15) is 0 Å². The number of hydrogen-bond acceptors (Lipinski definition) is 5. The lowest BCUT2D eigenvalue weighted by molar-refractivity contribution is -0.141. The Hall–Kier alpha value is -0.980. The van der Waals surface area contributed by atoms with E-state index in [0.29, 0.717) is 6.42 Å². The van der Waals surface area contributed by atoms with E-state index in [2.05, 4.69) is 0 Å². The van der Waals surface area contributed by atoms with Crippen LogP contribution in [-0.4, -0.2) is 71.2 Å². The number of aliphatic hydroxyl groups excluding tert-OH is 2. The quantitative estimate of drug-likeness (QED) is 0.533. The molecule has 2 N–H and O–H groups in total. The van der Waals surface area contributed by atoms with Crippen molar-refractivity contribution in [3.8, 4) is 0 Å². The summed E-state index contributed by atoms with van der Waals surface area (Å²) in [5.41, 5.74) is 0. The molecule has 6 heteroatoms. The second-order valence-electron chi connectivity index (χ2n) is 3.87. The number of aliphatic hydroxyl groups is 2. The number of amides is 2. The highest BCUT2D eigenvalue weighted by Crippen LogP contribution is 2.13. The molecule has 1 rings (SSSR count). The number of nitrogens with zero attached hydrogens (tertiary/aromatic N) is 2. The number of carbonyl (C=O) groups is 2. The SMILES string of the molecule is CN(C)CCCN1C(=O)[C@H](O)[C@@H](O)C1=O. The zero-order valence-corrected chi connectivity index (χ0v) is 8.88. The highest BCUT2D eigenvalue weighted by Gasteiger charge is 2.45. The molecule has 1 aliphatic rings. The van der Waals surface area contributed by atoms with Crippen LogP contribution >= 0.6 is 0 Å². The molecule has 0 saturated carbocycles. The number of likely N-dealkylation sites (tertiary alicyclic amines) is 1. The van der Waals surface area contributed by atoms with Crippen LogP contribution in [-0.2, 0) is 9.59 Å². The molecular formula is C9H16N2O4. The van der Waals surface area contributed by atoms with Crippen LogP contribution in [0.2, 0.25) is 0 Å². The average Bonchev–Trinajstić information content (AvgIpc) is 2.34. The molecule has 0 spiro atoms. The Morgan fingerprint density at radius 1 is 1.20 bits per heavy atom. The van der Waals surface area contributed by atoms with Gasteiger partial charge in [-0.3, -0.25) is 14.5 Å². The topological polar surface area (TPSA) is 81.1 Å². The predicted octanol–water partition coefficient (Wildman–Crippen LogP) is -1.97. The van der Waals surface area contributed by atoms with Gasteiger partial charge in [-0.2, -0.15) is 0 Å². The van der Waals surface area contributed by atoms with E-state index in [1.165, 1.54) is 0 Å². The molecule has 1 heterocycles. The molecule has 1 saturated heterocycles. The van der Waals surface area contributed by atoms with Gasteiger partial charge in [0.15, 0.2) is 12.2 Å². The van der Waals surface area contributed by atoms with Crippen molar-refractivity contribution in [2.75, 3.05) is 27.2 Å². The molecule has 0 radical (unpaired) electrons. The minimum Gasteiger partial charge on any atom is -0.380 e. The van der Waals surface area contributed by atoms with Crippen molar-refractivity contribution in [3.05, 3.63) is 0 Å². The third-order valence-corrected chi connectivity index (χ3v) is 2.32. The van der Waals surface area contributed by atoms with Crippen LogP contribution in [0.1, 0.15) is 6.42 Å². The van der Waals surface area contributed by atoms with Crippen molar-refractivity contribution < 1.29 is 19.8 Å². The fraction of sp³-hybridized carbons (Fsp3) is 0.778. The van der Waals surface area contributed by atoms with Crippen molar-refractivity contribution >= 4 is 11.8 Å². The molecule has 0 bridgehead atoms. The summed E-state index contributed by atoms with van der Waals surface area (Å²) in [5, 5.41) is 18.3. The summed E-state index contributed by atoms with van der Waals surface area (Å²) in [6, 6.07) is 0. The highest BCUT2D eigenvalue weighted by atomic mass is 16.4. The minimum atomic E-state index is -1.59. The Kier molecular flexibility index (Phi) is 3.78. The van der Waals surface area contributed by atoms with Crippen molar-refractivity contribution in [1.29, 1.82) is 0 Å². The van der Waals surface area contributed by atoms with Crippen LogP contribution < -0.4 is 0 Å². The van der Waals surface area contributed by atoms with Gasteiger partial charge < -0.3 is 15.1 Å². The maximum Gasteiger partial charge on any atom is 0.261 e. The van der Waals surface area contributed by atoms with Crippen LogP contribution in [0.4, 0.5) is 0 Å². The third-order valence-electron chi connectivity index (χ3n) is 2.32. The summed E-state index contributed by atoms with van der Waals surface area (Å²) in [5.74, 6) is -1.41. The first-order valence-electron chi connectivity index (χ1n) is 4.81. The van der Waals surface area contributed by atoms with Gasteiger partial charge in [0.2, 0.25) is 0 Å². The van der Waals surface area contributed by atoms with Crippen LogP contribution in [0.5, 0.6) is 0 Å². The second-order valence-corrected chi connectivity index (χ2v) is 3.87. The van der Waals surface area contributed by atoms with Crippen molar-refractivity contribution in [1.82, 2.24) is 9.80 Å². The summed E-state index contributed by atoms with van der Waals surface area (Å²) >= 11 is 0. The smallest absolute Gasteiger partial charge is 0.261 e. The lowest BCUT2D eigenvalue weighted by atomic mass is 10.2. The van der Waals surface area contributed by atoms with Gasteiger partial charge in [-0.25, -0.2) is 0 Å². The van der Waals surface area contributed by atoms with E-state index in [0.717, 1.165) is 11.4 Å². The van der Waals surface area contributed by atoms with Crippen molar-refractivity contribution in [2.45, 2.75) is 18.6 Å². The second kappa shape index (κ2) is 4.69. The van der Waals surface area contributed by atoms with Gasteiger partial charge in [0.25, 0.3) is 11.8 Å². The monoisotopic (exact) mass is 216 g/mol. The molecule has 2 atom stereocenters. The van der Waals surface area contributed by atoms with Crippen LogP contribution in [0.3, 0.4) is 0 Å². The van der Waals surface area contributed by atoms with Crippen LogP contribution in [0, 0.1) is 0 Å². The molecule has 0 aliphatic carbocycles.